The highest BCUT2D eigenvalue weighted by molar-refractivity contribution is 5.94. The van der Waals surface area contributed by atoms with Gasteiger partial charge in [0.05, 0.1) is 13.2 Å². The number of amides is 1. The second kappa shape index (κ2) is 10.8. The molecule has 1 aliphatic rings. The van der Waals surface area contributed by atoms with Crippen molar-refractivity contribution in [2.24, 2.45) is 5.92 Å². The van der Waals surface area contributed by atoms with Crippen LogP contribution in [0.3, 0.4) is 0 Å². The summed E-state index contributed by atoms with van der Waals surface area (Å²) in [5, 5.41) is 3.98. The van der Waals surface area contributed by atoms with Gasteiger partial charge in [-0.1, -0.05) is 26.0 Å². The van der Waals surface area contributed by atoms with Gasteiger partial charge in [-0.15, -0.1) is 0 Å². The summed E-state index contributed by atoms with van der Waals surface area (Å²) in [5.74, 6) is 0.974. The number of nitrogens with one attached hydrogen (secondary N) is 1. The summed E-state index contributed by atoms with van der Waals surface area (Å²) in [6, 6.07) is 14.7. The summed E-state index contributed by atoms with van der Waals surface area (Å²) in [4.78, 5) is 26.7. The van der Waals surface area contributed by atoms with Gasteiger partial charge in [-0.3, -0.25) is 9.69 Å². The van der Waals surface area contributed by atoms with Gasteiger partial charge in [0.15, 0.2) is 0 Å². The lowest BCUT2D eigenvalue weighted by atomic mass is 10.0. The summed E-state index contributed by atoms with van der Waals surface area (Å²) in [5.41, 5.74) is 2.57. The topological polar surface area (TPSA) is 81.0 Å². The number of aryl methyl sites for hydroxylation is 1. The number of rotatable bonds is 8. The highest BCUT2D eigenvalue weighted by Crippen LogP contribution is 2.23. The summed E-state index contributed by atoms with van der Waals surface area (Å²) in [6.45, 7) is 10.5. The van der Waals surface area contributed by atoms with E-state index in [1.54, 1.807) is 6.07 Å². The highest BCUT2D eigenvalue weighted by Gasteiger charge is 2.24. The first kappa shape index (κ1) is 24.0. The van der Waals surface area contributed by atoms with Gasteiger partial charge in [0.25, 0.3) is 5.91 Å². The second-order valence-electron chi connectivity index (χ2n) is 9.06. The van der Waals surface area contributed by atoms with Crippen molar-refractivity contribution in [3.05, 3.63) is 75.6 Å². The Bertz CT molecular complexity index is 1180. The maximum atomic E-state index is 12.7. The molecule has 1 saturated heterocycles. The zero-order chi connectivity index (χ0) is 24.1. The lowest BCUT2D eigenvalue weighted by molar-refractivity contribution is 0.00673. The van der Waals surface area contributed by atoms with Gasteiger partial charge in [-0.2, -0.15) is 0 Å². The molecule has 0 spiro atoms. The van der Waals surface area contributed by atoms with Gasteiger partial charge in [0, 0.05) is 48.8 Å². The van der Waals surface area contributed by atoms with Crippen molar-refractivity contribution in [3.63, 3.8) is 0 Å². The molecular weight excluding hydrogens is 432 g/mol. The molecule has 1 atom stereocenters. The molecule has 1 fully saturated rings. The van der Waals surface area contributed by atoms with Gasteiger partial charge in [-0.25, -0.2) is 4.79 Å². The Labute approximate surface area is 199 Å². The Morgan fingerprint density at radius 2 is 1.82 bits per heavy atom. The third-order valence-corrected chi connectivity index (χ3v) is 6.30. The van der Waals surface area contributed by atoms with Crippen molar-refractivity contribution in [2.75, 3.05) is 32.8 Å². The van der Waals surface area contributed by atoms with E-state index in [2.05, 4.69) is 24.1 Å². The molecule has 0 aliphatic carbocycles. The van der Waals surface area contributed by atoms with Crippen LogP contribution in [0.25, 0.3) is 11.0 Å². The molecule has 0 bridgehead atoms. The first-order valence-corrected chi connectivity index (χ1v) is 11.8. The molecule has 2 heterocycles. The fraction of sp³-hybridized carbons (Fsp3) is 0.407. The lowest BCUT2D eigenvalue weighted by Crippen LogP contribution is -2.51. The number of benzene rings is 2. The Morgan fingerprint density at radius 1 is 1.09 bits per heavy atom. The maximum Gasteiger partial charge on any atom is 0.336 e. The number of carbonyl (C=O) groups excluding carboxylic acids is 1. The van der Waals surface area contributed by atoms with E-state index in [0.29, 0.717) is 36.0 Å². The van der Waals surface area contributed by atoms with Gasteiger partial charge >= 0.3 is 5.63 Å². The molecule has 7 nitrogen and oxygen atoms in total. The molecule has 34 heavy (non-hydrogen) atoms. The molecule has 0 saturated carbocycles. The van der Waals surface area contributed by atoms with Crippen LogP contribution in [-0.2, 0) is 11.3 Å². The van der Waals surface area contributed by atoms with E-state index in [4.69, 9.17) is 13.9 Å². The highest BCUT2D eigenvalue weighted by atomic mass is 16.5. The molecule has 1 amide bonds. The minimum atomic E-state index is -0.374. The zero-order valence-electron chi connectivity index (χ0n) is 20.0. The molecule has 2 aromatic carbocycles. The van der Waals surface area contributed by atoms with Crippen LogP contribution in [0.5, 0.6) is 5.75 Å². The van der Waals surface area contributed by atoms with E-state index >= 15 is 0 Å². The van der Waals surface area contributed by atoms with E-state index < -0.39 is 0 Å². The summed E-state index contributed by atoms with van der Waals surface area (Å²) in [6.07, 6.45) is 0. The average Bonchev–Trinajstić information content (AvgIpc) is 2.83. The van der Waals surface area contributed by atoms with E-state index in [0.717, 1.165) is 42.8 Å². The van der Waals surface area contributed by atoms with Crippen LogP contribution in [0.4, 0.5) is 0 Å². The predicted molar refractivity (Wildman–Crippen MR) is 131 cm³/mol. The van der Waals surface area contributed by atoms with Crippen LogP contribution < -0.4 is 15.7 Å². The van der Waals surface area contributed by atoms with Crippen molar-refractivity contribution >= 4 is 16.9 Å². The number of fused-ring (bicyclic) bond motifs is 1. The largest absolute Gasteiger partial charge is 0.489 e. The SMILES string of the molecule is Cc1cc(=O)oc2cc(OCc3ccc(C(=O)NC[C@@H](C(C)C)N4CCOCC4)cc3)ccc12. The minimum absolute atomic E-state index is 0.0775. The van der Waals surface area contributed by atoms with Crippen molar-refractivity contribution < 1.29 is 18.7 Å². The Morgan fingerprint density at radius 3 is 2.53 bits per heavy atom. The van der Waals surface area contributed by atoms with Crippen LogP contribution in [0.1, 0.15) is 35.3 Å². The molecule has 0 radical (unpaired) electrons. The summed E-state index contributed by atoms with van der Waals surface area (Å²) >= 11 is 0. The van der Waals surface area contributed by atoms with Gasteiger partial charge < -0.3 is 19.2 Å². The number of ether oxygens (including phenoxy) is 2. The number of hydrogen-bond acceptors (Lipinski definition) is 6. The zero-order valence-corrected chi connectivity index (χ0v) is 20.0. The van der Waals surface area contributed by atoms with Crippen LogP contribution in [0, 0.1) is 12.8 Å². The molecule has 1 N–H and O–H groups in total. The van der Waals surface area contributed by atoms with Gasteiger partial charge in [0.2, 0.25) is 0 Å². The Balaban J connectivity index is 1.33. The molecule has 3 aromatic rings. The second-order valence-corrected chi connectivity index (χ2v) is 9.06. The number of morpholine rings is 1. The molecule has 1 aliphatic heterocycles. The number of carbonyl (C=O) groups is 1. The van der Waals surface area contributed by atoms with Crippen LogP contribution in [0.15, 0.2) is 57.7 Å². The van der Waals surface area contributed by atoms with Crippen molar-refractivity contribution in [2.45, 2.75) is 33.4 Å². The third-order valence-electron chi connectivity index (χ3n) is 6.30. The Hall–Kier alpha value is -3.16. The fourth-order valence-electron chi connectivity index (χ4n) is 4.31. The van der Waals surface area contributed by atoms with E-state index in [-0.39, 0.29) is 17.6 Å². The van der Waals surface area contributed by atoms with E-state index in [1.807, 2.05) is 43.3 Å². The number of hydrogen-bond donors (Lipinski definition) is 1. The van der Waals surface area contributed by atoms with Crippen LogP contribution >= 0.6 is 0 Å². The fourth-order valence-corrected chi connectivity index (χ4v) is 4.31. The van der Waals surface area contributed by atoms with Crippen LogP contribution in [-0.4, -0.2) is 49.7 Å². The van der Waals surface area contributed by atoms with Crippen molar-refractivity contribution in [1.82, 2.24) is 10.2 Å². The average molecular weight is 465 g/mol. The first-order chi connectivity index (χ1) is 16.4. The monoisotopic (exact) mass is 464 g/mol. The summed E-state index contributed by atoms with van der Waals surface area (Å²) in [7, 11) is 0. The van der Waals surface area contributed by atoms with E-state index in [9.17, 15) is 9.59 Å². The third kappa shape index (κ3) is 5.85. The normalized spacial score (nSPS) is 15.4. The van der Waals surface area contributed by atoms with Crippen LogP contribution in [0.2, 0.25) is 0 Å². The number of nitrogens with zero attached hydrogens (tertiary/aromatic N) is 1. The first-order valence-electron chi connectivity index (χ1n) is 11.8. The van der Waals surface area contributed by atoms with Crippen molar-refractivity contribution in [1.29, 1.82) is 0 Å². The van der Waals surface area contributed by atoms with E-state index in [1.165, 1.54) is 6.07 Å². The van der Waals surface area contributed by atoms with Gasteiger partial charge in [0.1, 0.15) is 17.9 Å². The maximum absolute atomic E-state index is 12.7. The Kier molecular flexibility index (Phi) is 7.65. The van der Waals surface area contributed by atoms with Gasteiger partial charge in [-0.05, 0) is 48.2 Å². The predicted octanol–water partition coefficient (Wildman–Crippen LogP) is 3.77. The molecule has 0 unspecified atom stereocenters. The molecule has 4 rings (SSSR count). The molecule has 1 aromatic heterocycles. The molecule has 7 heteroatoms. The van der Waals surface area contributed by atoms with Crippen molar-refractivity contribution in [3.8, 4) is 5.75 Å². The smallest absolute Gasteiger partial charge is 0.336 e. The molecule has 180 valence electrons. The molecular formula is C27H32N2O5. The summed E-state index contributed by atoms with van der Waals surface area (Å²) < 4.78 is 16.6. The quantitative estimate of drug-likeness (QED) is 0.511. The lowest BCUT2D eigenvalue weighted by Gasteiger charge is -2.36. The minimum Gasteiger partial charge on any atom is -0.489 e. The standard InChI is InChI=1S/C27H32N2O5/c1-18(2)24(29-10-12-32-13-11-29)16-28-27(31)21-6-4-20(5-7-21)17-33-22-8-9-23-19(3)14-26(30)34-25(23)15-22/h4-9,14-15,18,24H,10-13,16-17H2,1-3H3,(H,28,31)/t24-/m0/s1.